The van der Waals surface area contributed by atoms with Gasteiger partial charge < -0.3 is 5.11 Å². The number of rotatable bonds is 3. The van der Waals surface area contributed by atoms with Crippen LogP contribution in [0.5, 0.6) is 0 Å². The number of benzene rings is 1. The molecule has 4 heteroatoms. The minimum absolute atomic E-state index is 0.456. The van der Waals surface area contributed by atoms with E-state index in [9.17, 15) is 4.79 Å². The van der Waals surface area contributed by atoms with E-state index in [1.54, 1.807) is 18.3 Å². The number of carboxylic acids is 1. The second-order valence-corrected chi connectivity index (χ2v) is 5.55. The van der Waals surface area contributed by atoms with E-state index < -0.39 is 11.9 Å². The predicted octanol–water partition coefficient (Wildman–Crippen LogP) is 4.37. The van der Waals surface area contributed by atoms with Crippen LogP contribution in [-0.4, -0.2) is 11.1 Å². The summed E-state index contributed by atoms with van der Waals surface area (Å²) in [5.74, 6) is -1.25. The van der Waals surface area contributed by atoms with Crippen molar-refractivity contribution in [3.05, 3.63) is 45.7 Å². The monoisotopic (exact) mass is 310 g/mol. The van der Waals surface area contributed by atoms with E-state index in [4.69, 9.17) is 5.11 Å². The number of thiophene rings is 1. The van der Waals surface area contributed by atoms with Gasteiger partial charge in [0.15, 0.2) is 0 Å². The molecule has 1 unspecified atom stereocenters. The number of halogens is 1. The predicted molar refractivity (Wildman–Crippen MR) is 73.5 cm³/mol. The Balaban J connectivity index is 2.37. The zero-order chi connectivity index (χ0) is 12.4. The lowest BCUT2D eigenvalue weighted by Crippen LogP contribution is -2.05. The molecule has 0 saturated heterocycles. The first-order valence-electron chi connectivity index (χ1n) is 5.15. The summed E-state index contributed by atoms with van der Waals surface area (Å²) in [6.45, 7) is 1.70. The Bertz CT molecular complexity index is 548. The summed E-state index contributed by atoms with van der Waals surface area (Å²) >= 11 is 5.07. The molecule has 17 heavy (non-hydrogen) atoms. The molecule has 2 rings (SSSR count). The lowest BCUT2D eigenvalue weighted by Gasteiger charge is -2.02. The molecule has 0 aliphatic heterocycles. The zero-order valence-electron chi connectivity index (χ0n) is 9.18. The molecule has 0 fully saturated rings. The van der Waals surface area contributed by atoms with Gasteiger partial charge in [-0.05, 0) is 30.0 Å². The van der Waals surface area contributed by atoms with Gasteiger partial charge in [0, 0.05) is 14.9 Å². The summed E-state index contributed by atoms with van der Waals surface area (Å²) in [5.41, 5.74) is 1.95. The third kappa shape index (κ3) is 2.58. The van der Waals surface area contributed by atoms with Crippen LogP contribution < -0.4 is 0 Å². The Hall–Kier alpha value is -1.13. The third-order valence-corrected chi connectivity index (χ3v) is 4.30. The highest BCUT2D eigenvalue weighted by atomic mass is 79.9. The van der Waals surface area contributed by atoms with Crippen molar-refractivity contribution in [2.75, 3.05) is 0 Å². The molecule has 0 radical (unpaired) electrons. The summed E-state index contributed by atoms with van der Waals surface area (Å²) in [7, 11) is 0. The molecule has 1 aromatic heterocycles. The molecule has 0 spiro atoms. The van der Waals surface area contributed by atoms with Gasteiger partial charge in [0.1, 0.15) is 0 Å². The first-order valence-corrected chi connectivity index (χ1v) is 6.83. The second kappa shape index (κ2) is 5.02. The van der Waals surface area contributed by atoms with Gasteiger partial charge in [-0.3, -0.25) is 4.79 Å². The minimum atomic E-state index is -0.790. The van der Waals surface area contributed by atoms with Gasteiger partial charge in [0.2, 0.25) is 0 Å². The van der Waals surface area contributed by atoms with Gasteiger partial charge in [-0.2, -0.15) is 0 Å². The van der Waals surface area contributed by atoms with E-state index in [2.05, 4.69) is 15.9 Å². The number of hydrogen-bond donors (Lipinski definition) is 1. The highest BCUT2D eigenvalue weighted by Gasteiger charge is 2.16. The van der Waals surface area contributed by atoms with Crippen molar-refractivity contribution in [1.29, 1.82) is 0 Å². The first kappa shape index (κ1) is 12.3. The maximum absolute atomic E-state index is 10.9. The summed E-state index contributed by atoms with van der Waals surface area (Å²) in [6.07, 6.45) is 0. The maximum atomic E-state index is 10.9. The van der Waals surface area contributed by atoms with Gasteiger partial charge >= 0.3 is 5.97 Å². The van der Waals surface area contributed by atoms with E-state index in [1.807, 2.05) is 35.7 Å². The van der Waals surface area contributed by atoms with Crippen molar-refractivity contribution in [3.8, 4) is 10.4 Å². The molecule has 0 amide bonds. The number of carbonyl (C=O) groups is 1. The average Bonchev–Trinajstić information content (AvgIpc) is 2.77. The molecular weight excluding hydrogens is 300 g/mol. The topological polar surface area (TPSA) is 37.3 Å². The average molecular weight is 311 g/mol. The minimum Gasteiger partial charge on any atom is -0.481 e. The second-order valence-electron chi connectivity index (χ2n) is 3.78. The molecule has 1 N–H and O–H groups in total. The molecule has 1 atom stereocenters. The Morgan fingerprint density at radius 3 is 2.76 bits per heavy atom. The van der Waals surface area contributed by atoms with Crippen molar-refractivity contribution in [2.45, 2.75) is 12.8 Å². The Morgan fingerprint density at radius 2 is 2.12 bits per heavy atom. The fourth-order valence-corrected chi connectivity index (χ4v) is 3.20. The van der Waals surface area contributed by atoms with E-state index >= 15 is 0 Å². The van der Waals surface area contributed by atoms with Crippen molar-refractivity contribution < 1.29 is 9.90 Å². The number of carboxylic acid groups (broad SMARTS) is 1. The molecule has 0 aliphatic carbocycles. The van der Waals surface area contributed by atoms with E-state index in [1.165, 1.54) is 0 Å². The lowest BCUT2D eigenvalue weighted by atomic mass is 10.0. The van der Waals surface area contributed by atoms with Crippen LogP contribution in [0.2, 0.25) is 0 Å². The molecule has 1 heterocycles. The van der Waals surface area contributed by atoms with Crippen LogP contribution in [0, 0.1) is 0 Å². The maximum Gasteiger partial charge on any atom is 0.310 e. The smallest absolute Gasteiger partial charge is 0.310 e. The summed E-state index contributed by atoms with van der Waals surface area (Å²) in [5, 5.41) is 10.9. The van der Waals surface area contributed by atoms with Crippen LogP contribution in [-0.2, 0) is 4.79 Å². The number of aliphatic carboxylic acids is 1. The first-order chi connectivity index (χ1) is 8.09. The van der Waals surface area contributed by atoms with Crippen LogP contribution >= 0.6 is 27.3 Å². The molecule has 2 aromatic rings. The third-order valence-electron chi connectivity index (χ3n) is 2.63. The van der Waals surface area contributed by atoms with Gasteiger partial charge in [0.05, 0.1) is 5.92 Å². The standard InChI is InChI=1S/C13H11BrO2S/c1-8(13(15)16)9-6-12(17-7-9)10-4-2-3-5-11(10)14/h2-8H,1H3,(H,15,16). The fourth-order valence-electron chi connectivity index (χ4n) is 1.52. The fraction of sp³-hybridized carbons (Fsp3) is 0.154. The molecule has 1 aromatic carbocycles. The van der Waals surface area contributed by atoms with Crippen LogP contribution in [0.4, 0.5) is 0 Å². The van der Waals surface area contributed by atoms with Gasteiger partial charge in [0.25, 0.3) is 0 Å². The quantitative estimate of drug-likeness (QED) is 0.914. The molecular formula is C13H11BrO2S. The van der Waals surface area contributed by atoms with Crippen molar-refractivity contribution >= 4 is 33.2 Å². The SMILES string of the molecule is CC(C(=O)O)c1csc(-c2ccccc2Br)c1. The van der Waals surface area contributed by atoms with Gasteiger partial charge in [-0.15, -0.1) is 11.3 Å². The van der Waals surface area contributed by atoms with Crippen LogP contribution in [0.3, 0.4) is 0 Å². The van der Waals surface area contributed by atoms with Crippen LogP contribution in [0.1, 0.15) is 18.4 Å². The Morgan fingerprint density at radius 1 is 1.41 bits per heavy atom. The highest BCUT2D eigenvalue weighted by molar-refractivity contribution is 9.10. The molecule has 0 aliphatic rings. The number of hydrogen-bond acceptors (Lipinski definition) is 2. The van der Waals surface area contributed by atoms with Gasteiger partial charge in [-0.1, -0.05) is 34.1 Å². The van der Waals surface area contributed by atoms with Gasteiger partial charge in [-0.25, -0.2) is 0 Å². The molecule has 0 saturated carbocycles. The Kier molecular flexibility index (Phi) is 3.64. The normalized spacial score (nSPS) is 12.4. The van der Waals surface area contributed by atoms with Crippen molar-refractivity contribution in [1.82, 2.24) is 0 Å². The van der Waals surface area contributed by atoms with Crippen LogP contribution in [0.15, 0.2) is 40.2 Å². The van der Waals surface area contributed by atoms with Crippen LogP contribution in [0.25, 0.3) is 10.4 Å². The largest absolute Gasteiger partial charge is 0.481 e. The van der Waals surface area contributed by atoms with E-state index in [0.29, 0.717) is 0 Å². The molecule has 2 nitrogen and oxygen atoms in total. The van der Waals surface area contributed by atoms with Crippen molar-refractivity contribution in [2.24, 2.45) is 0 Å². The highest BCUT2D eigenvalue weighted by Crippen LogP contribution is 2.34. The van der Waals surface area contributed by atoms with E-state index in [-0.39, 0.29) is 0 Å². The lowest BCUT2D eigenvalue weighted by molar-refractivity contribution is -0.138. The molecule has 88 valence electrons. The summed E-state index contributed by atoms with van der Waals surface area (Å²) in [4.78, 5) is 12.0. The summed E-state index contributed by atoms with van der Waals surface area (Å²) in [6, 6.07) is 9.88. The summed E-state index contributed by atoms with van der Waals surface area (Å²) < 4.78 is 1.02. The Labute approximate surface area is 112 Å². The van der Waals surface area contributed by atoms with E-state index in [0.717, 1.165) is 20.5 Å². The molecule has 0 bridgehead atoms. The van der Waals surface area contributed by atoms with Crippen molar-refractivity contribution in [3.63, 3.8) is 0 Å². The zero-order valence-corrected chi connectivity index (χ0v) is 11.6.